The van der Waals surface area contributed by atoms with Crippen LogP contribution < -0.4 is 4.90 Å². The number of ether oxygens (including phenoxy) is 1. The molecule has 30 heavy (non-hydrogen) atoms. The molecule has 9 heteroatoms. The predicted octanol–water partition coefficient (Wildman–Crippen LogP) is 2.45. The molecule has 0 atom stereocenters. The maximum Gasteiger partial charge on any atom is 0.262 e. The Labute approximate surface area is 177 Å². The molecule has 152 valence electrons. The van der Waals surface area contributed by atoms with Crippen molar-refractivity contribution in [3.8, 4) is 5.69 Å². The molecular formula is C21H19N5O3S. The number of anilines is 1. The molecule has 0 saturated carbocycles. The molecule has 5 rings (SSSR count). The van der Waals surface area contributed by atoms with Gasteiger partial charge in [-0.25, -0.2) is 0 Å². The summed E-state index contributed by atoms with van der Waals surface area (Å²) in [6, 6.07) is 16.7. The summed E-state index contributed by atoms with van der Waals surface area (Å²) in [6.45, 7) is 2.74. The first-order valence-corrected chi connectivity index (χ1v) is 10.6. The first kappa shape index (κ1) is 18.8. The first-order valence-electron chi connectivity index (χ1n) is 9.65. The Morgan fingerprint density at radius 2 is 1.50 bits per heavy atom. The average molecular weight is 421 g/mol. The fourth-order valence-corrected chi connectivity index (χ4v) is 4.50. The van der Waals surface area contributed by atoms with E-state index in [4.69, 9.17) is 4.74 Å². The van der Waals surface area contributed by atoms with Gasteiger partial charge in [-0.1, -0.05) is 42.1 Å². The van der Waals surface area contributed by atoms with Crippen LogP contribution in [0.5, 0.6) is 0 Å². The highest BCUT2D eigenvalue weighted by atomic mass is 32.2. The van der Waals surface area contributed by atoms with E-state index in [1.807, 2.05) is 34.9 Å². The van der Waals surface area contributed by atoms with Crippen molar-refractivity contribution in [1.29, 1.82) is 0 Å². The number of benzene rings is 2. The Hall–Kier alpha value is -3.17. The summed E-state index contributed by atoms with van der Waals surface area (Å²) < 4.78 is 7.42. The Morgan fingerprint density at radius 3 is 2.17 bits per heavy atom. The molecule has 1 aromatic heterocycles. The lowest BCUT2D eigenvalue weighted by Gasteiger charge is -2.28. The lowest BCUT2D eigenvalue weighted by Crippen LogP contribution is -2.37. The highest BCUT2D eigenvalue weighted by Crippen LogP contribution is 2.30. The topological polar surface area (TPSA) is 80.6 Å². The van der Waals surface area contributed by atoms with Crippen molar-refractivity contribution in [2.75, 3.05) is 37.1 Å². The number of morpholine rings is 1. The number of aromatic nitrogens is 3. The molecule has 0 aliphatic carbocycles. The van der Waals surface area contributed by atoms with E-state index >= 15 is 0 Å². The number of para-hydroxylation sites is 1. The molecular weight excluding hydrogens is 402 g/mol. The smallest absolute Gasteiger partial charge is 0.262 e. The number of carbonyl (C=O) groups excluding carboxylic acids is 2. The van der Waals surface area contributed by atoms with Gasteiger partial charge in [0.2, 0.25) is 5.95 Å². The van der Waals surface area contributed by atoms with E-state index in [0.717, 1.165) is 24.7 Å². The van der Waals surface area contributed by atoms with Crippen LogP contribution in [-0.4, -0.2) is 63.7 Å². The number of hydrogen-bond donors (Lipinski definition) is 0. The van der Waals surface area contributed by atoms with E-state index in [1.54, 1.807) is 24.3 Å². The zero-order chi connectivity index (χ0) is 20.5. The van der Waals surface area contributed by atoms with E-state index in [9.17, 15) is 9.59 Å². The number of rotatable bonds is 5. The van der Waals surface area contributed by atoms with Crippen LogP contribution in [0.4, 0.5) is 5.95 Å². The monoisotopic (exact) mass is 421 g/mol. The van der Waals surface area contributed by atoms with Crippen LogP contribution in [0.25, 0.3) is 5.69 Å². The summed E-state index contributed by atoms with van der Waals surface area (Å²) >= 11 is 1.32. The van der Waals surface area contributed by atoms with Crippen molar-refractivity contribution in [3.63, 3.8) is 0 Å². The summed E-state index contributed by atoms with van der Waals surface area (Å²) in [5, 5.41) is 9.41. The van der Waals surface area contributed by atoms with Crippen molar-refractivity contribution >= 4 is 29.5 Å². The second-order valence-corrected chi connectivity index (χ2v) is 7.82. The zero-order valence-electron chi connectivity index (χ0n) is 16.1. The highest BCUT2D eigenvalue weighted by molar-refractivity contribution is 7.99. The van der Waals surface area contributed by atoms with Gasteiger partial charge in [-0.2, -0.15) is 0 Å². The van der Waals surface area contributed by atoms with Crippen LogP contribution in [-0.2, 0) is 4.74 Å². The summed E-state index contributed by atoms with van der Waals surface area (Å²) in [5.41, 5.74) is 1.82. The maximum absolute atomic E-state index is 12.7. The lowest BCUT2D eigenvalue weighted by atomic mass is 10.1. The SMILES string of the molecule is O=C1c2ccccc2C(=O)N1CSc1nnc(N2CCOCC2)n1-c1ccccc1. The predicted molar refractivity (Wildman–Crippen MR) is 112 cm³/mol. The second kappa shape index (κ2) is 7.92. The number of fused-ring (bicyclic) bond motifs is 1. The number of carbonyl (C=O) groups is 2. The van der Waals surface area contributed by atoms with Crippen LogP contribution in [0, 0.1) is 0 Å². The number of amides is 2. The first-order chi connectivity index (χ1) is 14.7. The Morgan fingerprint density at radius 1 is 0.867 bits per heavy atom. The molecule has 0 unspecified atom stereocenters. The number of nitrogens with zero attached hydrogens (tertiary/aromatic N) is 5. The van der Waals surface area contributed by atoms with Crippen molar-refractivity contribution in [1.82, 2.24) is 19.7 Å². The van der Waals surface area contributed by atoms with E-state index in [0.29, 0.717) is 29.5 Å². The Kier molecular flexibility index (Phi) is 4.97. The number of thioether (sulfide) groups is 1. The molecule has 3 aromatic rings. The van der Waals surface area contributed by atoms with Crippen molar-refractivity contribution < 1.29 is 14.3 Å². The zero-order valence-corrected chi connectivity index (χ0v) is 16.9. The Balaban J connectivity index is 1.43. The minimum Gasteiger partial charge on any atom is -0.378 e. The largest absolute Gasteiger partial charge is 0.378 e. The molecule has 1 fully saturated rings. The number of imide groups is 1. The number of hydrogen-bond acceptors (Lipinski definition) is 7. The molecule has 2 aliphatic rings. The van der Waals surface area contributed by atoms with Gasteiger partial charge < -0.3 is 9.64 Å². The quantitative estimate of drug-likeness (QED) is 0.462. The van der Waals surface area contributed by atoms with Crippen molar-refractivity contribution in [2.24, 2.45) is 0 Å². The van der Waals surface area contributed by atoms with Crippen LogP contribution in [0.3, 0.4) is 0 Å². The maximum atomic E-state index is 12.7. The van der Waals surface area contributed by atoms with Gasteiger partial charge in [-0.3, -0.25) is 19.1 Å². The molecule has 2 aromatic carbocycles. The standard InChI is InChI=1S/C21H19N5O3S/c27-18-16-8-4-5-9-17(16)19(28)25(18)14-30-21-23-22-20(24-10-12-29-13-11-24)26(21)15-6-2-1-3-7-15/h1-9H,10-14H2. The molecule has 0 radical (unpaired) electrons. The molecule has 1 saturated heterocycles. The minimum absolute atomic E-state index is 0.167. The van der Waals surface area contributed by atoms with Gasteiger partial charge in [0.25, 0.3) is 11.8 Å². The van der Waals surface area contributed by atoms with Crippen molar-refractivity contribution in [3.05, 3.63) is 65.7 Å². The third kappa shape index (κ3) is 3.25. The van der Waals surface area contributed by atoms with Crippen LogP contribution in [0.15, 0.2) is 59.8 Å². The molecule has 0 N–H and O–H groups in total. The Bertz CT molecular complexity index is 1060. The van der Waals surface area contributed by atoms with E-state index in [1.165, 1.54) is 16.7 Å². The normalized spacial score (nSPS) is 16.3. The highest BCUT2D eigenvalue weighted by Gasteiger charge is 2.35. The summed E-state index contributed by atoms with van der Waals surface area (Å²) in [5.74, 6) is 0.347. The van der Waals surface area contributed by atoms with Gasteiger partial charge in [0, 0.05) is 13.1 Å². The van der Waals surface area contributed by atoms with Crippen molar-refractivity contribution in [2.45, 2.75) is 5.16 Å². The van der Waals surface area contributed by atoms with Crippen LogP contribution in [0.1, 0.15) is 20.7 Å². The summed E-state index contributed by atoms with van der Waals surface area (Å²) in [4.78, 5) is 28.7. The lowest BCUT2D eigenvalue weighted by molar-refractivity contribution is 0.0684. The van der Waals surface area contributed by atoms with Crippen LogP contribution >= 0.6 is 11.8 Å². The molecule has 0 bridgehead atoms. The fourth-order valence-electron chi connectivity index (χ4n) is 3.61. The molecule has 3 heterocycles. The van der Waals surface area contributed by atoms with E-state index in [-0.39, 0.29) is 17.7 Å². The van der Waals surface area contributed by atoms with Gasteiger partial charge >= 0.3 is 0 Å². The van der Waals surface area contributed by atoms with Crippen LogP contribution in [0.2, 0.25) is 0 Å². The summed E-state index contributed by atoms with van der Waals surface area (Å²) in [7, 11) is 0. The van der Waals surface area contributed by atoms with Gasteiger partial charge in [0.1, 0.15) is 0 Å². The minimum atomic E-state index is -0.276. The molecule has 0 spiro atoms. The molecule has 2 amide bonds. The van der Waals surface area contributed by atoms with E-state index in [2.05, 4.69) is 15.1 Å². The average Bonchev–Trinajstić information content (AvgIpc) is 3.33. The molecule has 8 nitrogen and oxygen atoms in total. The van der Waals surface area contributed by atoms with Gasteiger partial charge in [-0.15, -0.1) is 10.2 Å². The fraction of sp³-hybridized carbons (Fsp3) is 0.238. The molecule has 2 aliphatic heterocycles. The summed E-state index contributed by atoms with van der Waals surface area (Å²) in [6.07, 6.45) is 0. The second-order valence-electron chi connectivity index (χ2n) is 6.91. The van der Waals surface area contributed by atoms with Gasteiger partial charge in [0.15, 0.2) is 5.16 Å². The van der Waals surface area contributed by atoms with E-state index < -0.39 is 0 Å². The van der Waals surface area contributed by atoms with Gasteiger partial charge in [0.05, 0.1) is 35.9 Å². The third-order valence-electron chi connectivity index (χ3n) is 5.13. The van der Waals surface area contributed by atoms with Gasteiger partial charge in [-0.05, 0) is 24.3 Å². The third-order valence-corrected chi connectivity index (χ3v) is 6.04.